The molecule has 1 saturated heterocycles. The van der Waals surface area contributed by atoms with E-state index in [4.69, 9.17) is 17.3 Å². The minimum Gasteiger partial charge on any atom is -0.369 e. The van der Waals surface area contributed by atoms with Crippen molar-refractivity contribution < 1.29 is 0 Å². The van der Waals surface area contributed by atoms with Crippen molar-refractivity contribution in [3.63, 3.8) is 0 Å². The van der Waals surface area contributed by atoms with Gasteiger partial charge in [0.25, 0.3) is 0 Å². The average molecular weight is 266 g/mol. The van der Waals surface area contributed by atoms with Crippen molar-refractivity contribution in [2.75, 3.05) is 44.2 Å². The first kappa shape index (κ1) is 13.4. The van der Waals surface area contributed by atoms with Crippen molar-refractivity contribution in [3.05, 3.63) is 41.4 Å². The highest BCUT2D eigenvalue weighted by atomic mass is 35.5. The lowest BCUT2D eigenvalue weighted by atomic mass is 10.2. The van der Waals surface area contributed by atoms with Gasteiger partial charge in [0.1, 0.15) is 0 Å². The van der Waals surface area contributed by atoms with E-state index in [2.05, 4.69) is 22.4 Å². The van der Waals surface area contributed by atoms with Gasteiger partial charge in [-0.15, -0.1) is 0 Å². The van der Waals surface area contributed by atoms with Gasteiger partial charge in [0.05, 0.1) is 0 Å². The lowest BCUT2D eigenvalue weighted by Crippen LogP contribution is -2.47. The van der Waals surface area contributed by atoms with E-state index in [0.29, 0.717) is 6.54 Å². The van der Waals surface area contributed by atoms with Crippen molar-refractivity contribution in [1.29, 1.82) is 0 Å². The average Bonchev–Trinajstić information content (AvgIpc) is 2.39. The molecule has 0 saturated carbocycles. The fourth-order valence-corrected chi connectivity index (χ4v) is 2.40. The summed E-state index contributed by atoms with van der Waals surface area (Å²) < 4.78 is 0. The van der Waals surface area contributed by atoms with Gasteiger partial charge >= 0.3 is 0 Å². The van der Waals surface area contributed by atoms with Crippen LogP contribution in [-0.2, 0) is 0 Å². The van der Waals surface area contributed by atoms with Gasteiger partial charge in [-0.05, 0) is 23.8 Å². The van der Waals surface area contributed by atoms with Crippen LogP contribution in [0.4, 0.5) is 5.69 Å². The number of anilines is 1. The quantitative estimate of drug-likeness (QED) is 0.845. The molecule has 4 heteroatoms. The summed E-state index contributed by atoms with van der Waals surface area (Å²) in [4.78, 5) is 4.77. The van der Waals surface area contributed by atoms with Gasteiger partial charge in [0.15, 0.2) is 0 Å². The third-order valence-electron chi connectivity index (χ3n) is 3.28. The third kappa shape index (κ3) is 3.48. The Morgan fingerprint density at radius 3 is 2.61 bits per heavy atom. The first-order chi connectivity index (χ1) is 8.69. The Hall–Kier alpha value is -1.03. The van der Waals surface area contributed by atoms with Crippen LogP contribution in [0.5, 0.6) is 0 Å². The molecule has 1 aliphatic rings. The van der Waals surface area contributed by atoms with E-state index in [-0.39, 0.29) is 0 Å². The van der Waals surface area contributed by atoms with Gasteiger partial charge in [0.2, 0.25) is 0 Å². The summed E-state index contributed by atoms with van der Waals surface area (Å²) in [6, 6.07) is 8.04. The molecule has 0 radical (unpaired) electrons. The number of nitrogens with zero attached hydrogens (tertiary/aromatic N) is 2. The molecule has 1 heterocycles. The molecule has 1 aromatic rings. The number of hydrogen-bond donors (Lipinski definition) is 1. The smallest absolute Gasteiger partial charge is 0.0426 e. The molecule has 1 aromatic carbocycles. The van der Waals surface area contributed by atoms with Crippen LogP contribution in [0, 0.1) is 0 Å². The minimum atomic E-state index is 0.578. The van der Waals surface area contributed by atoms with Gasteiger partial charge in [-0.25, -0.2) is 0 Å². The first-order valence-electron chi connectivity index (χ1n) is 6.28. The Labute approximate surface area is 114 Å². The van der Waals surface area contributed by atoms with E-state index in [1.165, 1.54) is 5.69 Å². The highest BCUT2D eigenvalue weighted by molar-refractivity contribution is 6.30. The van der Waals surface area contributed by atoms with Crippen LogP contribution in [0.15, 0.2) is 36.4 Å². The van der Waals surface area contributed by atoms with E-state index in [9.17, 15) is 0 Å². The van der Waals surface area contributed by atoms with Gasteiger partial charge < -0.3 is 10.6 Å². The fourth-order valence-electron chi connectivity index (χ4n) is 2.22. The molecule has 2 N–H and O–H groups in total. The lowest BCUT2D eigenvalue weighted by molar-refractivity contribution is 0.277. The highest BCUT2D eigenvalue weighted by Gasteiger charge is 2.17. The molecule has 0 spiro atoms. The Morgan fingerprint density at radius 1 is 1.28 bits per heavy atom. The van der Waals surface area contributed by atoms with Crippen LogP contribution in [0.3, 0.4) is 0 Å². The van der Waals surface area contributed by atoms with Crippen molar-refractivity contribution >= 4 is 17.3 Å². The van der Waals surface area contributed by atoms with Crippen LogP contribution < -0.4 is 10.6 Å². The second kappa shape index (κ2) is 6.23. The molecule has 18 heavy (non-hydrogen) atoms. The molecule has 0 bridgehead atoms. The molecular weight excluding hydrogens is 246 g/mol. The molecule has 0 aliphatic carbocycles. The first-order valence-corrected chi connectivity index (χ1v) is 6.66. The molecule has 0 aromatic heterocycles. The third-order valence-corrected chi connectivity index (χ3v) is 3.52. The second-order valence-corrected chi connectivity index (χ2v) is 5.13. The molecule has 2 rings (SSSR count). The van der Waals surface area contributed by atoms with Crippen molar-refractivity contribution in [2.24, 2.45) is 5.73 Å². The number of rotatable bonds is 4. The summed E-state index contributed by atoms with van der Waals surface area (Å²) in [5.41, 5.74) is 7.88. The van der Waals surface area contributed by atoms with Crippen molar-refractivity contribution in [1.82, 2.24) is 4.90 Å². The summed E-state index contributed by atoms with van der Waals surface area (Å²) in [7, 11) is 0. The maximum absolute atomic E-state index is 6.02. The largest absolute Gasteiger partial charge is 0.369 e. The molecule has 0 atom stereocenters. The van der Waals surface area contributed by atoms with Gasteiger partial charge in [-0.2, -0.15) is 0 Å². The molecule has 3 nitrogen and oxygen atoms in total. The van der Waals surface area contributed by atoms with E-state index < -0.39 is 0 Å². The molecule has 98 valence electrons. The van der Waals surface area contributed by atoms with Crippen molar-refractivity contribution in [3.8, 4) is 0 Å². The van der Waals surface area contributed by atoms with Crippen LogP contribution >= 0.6 is 11.6 Å². The maximum Gasteiger partial charge on any atom is 0.0426 e. The molecule has 1 fully saturated rings. The zero-order chi connectivity index (χ0) is 13.0. The Balaban J connectivity index is 1.88. The summed E-state index contributed by atoms with van der Waals surface area (Å²) in [5.74, 6) is 0. The predicted octanol–water partition coefficient (Wildman–Crippen LogP) is 1.98. The maximum atomic E-state index is 6.02. The zero-order valence-electron chi connectivity index (χ0n) is 10.6. The van der Waals surface area contributed by atoms with Crippen LogP contribution in [0.1, 0.15) is 0 Å². The lowest BCUT2D eigenvalue weighted by Gasteiger charge is -2.36. The van der Waals surface area contributed by atoms with E-state index >= 15 is 0 Å². The van der Waals surface area contributed by atoms with E-state index in [1.807, 2.05) is 18.2 Å². The number of halogens is 1. The summed E-state index contributed by atoms with van der Waals surface area (Å²) >= 11 is 6.02. The number of benzene rings is 1. The summed E-state index contributed by atoms with van der Waals surface area (Å²) in [6.45, 7) is 9.60. The van der Waals surface area contributed by atoms with Gasteiger partial charge in [-0.1, -0.05) is 24.2 Å². The summed E-state index contributed by atoms with van der Waals surface area (Å²) in [6.07, 6.45) is 0. The fraction of sp³-hybridized carbons (Fsp3) is 0.429. The van der Waals surface area contributed by atoms with Gasteiger partial charge in [0, 0.05) is 50.0 Å². The zero-order valence-corrected chi connectivity index (χ0v) is 11.4. The van der Waals surface area contributed by atoms with Crippen LogP contribution in [0.2, 0.25) is 5.02 Å². The number of hydrogen-bond acceptors (Lipinski definition) is 3. The highest BCUT2D eigenvalue weighted by Crippen LogP contribution is 2.20. The number of piperazine rings is 1. The van der Waals surface area contributed by atoms with Crippen molar-refractivity contribution in [2.45, 2.75) is 0 Å². The Morgan fingerprint density at radius 2 is 2.00 bits per heavy atom. The molecule has 0 unspecified atom stereocenters. The normalized spacial score (nSPS) is 16.9. The SMILES string of the molecule is C=C(CN)CN1CCN(c2cccc(Cl)c2)CC1. The summed E-state index contributed by atoms with van der Waals surface area (Å²) in [5, 5.41) is 0.798. The number of nitrogens with two attached hydrogens (primary N) is 1. The monoisotopic (exact) mass is 265 g/mol. The Bertz CT molecular complexity index is 411. The Kier molecular flexibility index (Phi) is 4.64. The molecule has 0 amide bonds. The van der Waals surface area contributed by atoms with Gasteiger partial charge in [-0.3, -0.25) is 4.90 Å². The molecular formula is C14H20ClN3. The predicted molar refractivity (Wildman–Crippen MR) is 78.3 cm³/mol. The van der Waals surface area contributed by atoms with Crippen LogP contribution in [-0.4, -0.2) is 44.2 Å². The topological polar surface area (TPSA) is 32.5 Å². The van der Waals surface area contributed by atoms with E-state index in [1.54, 1.807) is 0 Å². The minimum absolute atomic E-state index is 0.578. The van der Waals surface area contributed by atoms with E-state index in [0.717, 1.165) is 43.3 Å². The van der Waals surface area contributed by atoms with Crippen LogP contribution in [0.25, 0.3) is 0 Å². The second-order valence-electron chi connectivity index (χ2n) is 4.70. The molecule has 1 aliphatic heterocycles. The standard InChI is InChI=1S/C14H20ClN3/c1-12(10-16)11-17-5-7-18(8-6-17)14-4-2-3-13(15)9-14/h2-4,9H,1,5-8,10-11,16H2.